The van der Waals surface area contributed by atoms with Crippen molar-refractivity contribution in [3.8, 4) is 16.8 Å². The molecule has 0 saturated heterocycles. The summed E-state index contributed by atoms with van der Waals surface area (Å²) in [6, 6.07) is 49.8. The van der Waals surface area contributed by atoms with E-state index in [0.717, 1.165) is 0 Å². The van der Waals surface area contributed by atoms with Gasteiger partial charge in [0.25, 0.3) is 0 Å². The molecule has 0 N–H and O–H groups in total. The average molecular weight is 528 g/mol. The molecule has 7 aromatic rings. The molecule has 0 atom stereocenters. The number of fused-ring (bicyclic) bond motifs is 12. The van der Waals surface area contributed by atoms with E-state index in [4.69, 9.17) is 0 Å². The van der Waals surface area contributed by atoms with E-state index in [1.54, 1.807) is 0 Å². The molecule has 2 heterocycles. The fourth-order valence-corrected chi connectivity index (χ4v) is 8.50. The van der Waals surface area contributed by atoms with E-state index in [9.17, 15) is 0 Å². The van der Waals surface area contributed by atoms with Gasteiger partial charge < -0.3 is 4.57 Å². The lowest BCUT2D eigenvalue weighted by molar-refractivity contribution is 0.724. The second kappa shape index (κ2) is 8.00. The first-order chi connectivity index (χ1) is 19.7. The van der Waals surface area contributed by atoms with Gasteiger partial charge in [0, 0.05) is 26.3 Å². The van der Waals surface area contributed by atoms with Crippen molar-refractivity contribution in [3.05, 3.63) is 161 Å². The molecule has 40 heavy (non-hydrogen) atoms. The summed E-state index contributed by atoms with van der Waals surface area (Å²) in [5.41, 5.74) is 12.8. The van der Waals surface area contributed by atoms with E-state index in [-0.39, 0.29) is 5.41 Å². The maximum Gasteiger partial charge on any atom is 0.0736 e. The summed E-state index contributed by atoms with van der Waals surface area (Å²) in [4.78, 5) is 2.67. The van der Waals surface area contributed by atoms with Gasteiger partial charge >= 0.3 is 0 Å². The first kappa shape index (κ1) is 22.3. The Morgan fingerprint density at radius 3 is 1.88 bits per heavy atom. The van der Waals surface area contributed by atoms with E-state index in [1.165, 1.54) is 76.2 Å². The zero-order chi connectivity index (χ0) is 26.4. The third-order valence-electron chi connectivity index (χ3n) is 8.93. The van der Waals surface area contributed by atoms with Crippen molar-refractivity contribution >= 4 is 33.6 Å². The normalized spacial score (nSPS) is 14.2. The van der Waals surface area contributed by atoms with E-state index >= 15 is 0 Å². The molecule has 1 spiro atoms. The molecule has 1 aliphatic heterocycles. The number of nitrogens with zero attached hydrogens (tertiary/aromatic N) is 1. The van der Waals surface area contributed by atoms with Crippen LogP contribution in [0.5, 0.6) is 0 Å². The Balaban J connectivity index is 1.47. The van der Waals surface area contributed by atoms with Crippen molar-refractivity contribution in [3.63, 3.8) is 0 Å². The topological polar surface area (TPSA) is 4.93 Å². The van der Waals surface area contributed by atoms with Crippen molar-refractivity contribution in [1.82, 2.24) is 4.57 Å². The highest BCUT2D eigenvalue weighted by molar-refractivity contribution is 7.99. The second-order valence-electron chi connectivity index (χ2n) is 11.0. The molecule has 188 valence electrons. The van der Waals surface area contributed by atoms with Crippen LogP contribution in [0.25, 0.3) is 38.6 Å². The molecule has 0 saturated carbocycles. The molecule has 0 radical (unpaired) electrons. The number of hydrogen-bond donors (Lipinski definition) is 0. The van der Waals surface area contributed by atoms with Crippen LogP contribution in [-0.4, -0.2) is 4.57 Å². The van der Waals surface area contributed by atoms with Gasteiger partial charge in [0.15, 0.2) is 0 Å². The predicted octanol–water partition coefficient (Wildman–Crippen LogP) is 9.92. The van der Waals surface area contributed by atoms with Gasteiger partial charge in [-0.3, -0.25) is 0 Å². The Morgan fingerprint density at radius 2 is 1.12 bits per heavy atom. The number of rotatable bonds is 1. The third kappa shape index (κ3) is 2.74. The average Bonchev–Trinajstić information content (AvgIpc) is 3.48. The standard InChI is InChI=1S/C38H25NS/c1-24-18-20-25(21-19-24)39-34-16-8-4-12-28(34)29-22-37-33(23-35(29)39)38(32-15-7-9-17-36(32)40-37)30-13-5-2-10-26(30)27-11-3-6-14-31(27)38/h2-23H,1H3. The van der Waals surface area contributed by atoms with Crippen molar-refractivity contribution in [2.75, 3.05) is 0 Å². The molecule has 2 aliphatic rings. The predicted molar refractivity (Wildman–Crippen MR) is 167 cm³/mol. The summed E-state index contributed by atoms with van der Waals surface area (Å²) in [6.45, 7) is 2.15. The van der Waals surface area contributed by atoms with Crippen LogP contribution in [0.4, 0.5) is 0 Å². The minimum atomic E-state index is -0.368. The van der Waals surface area contributed by atoms with Gasteiger partial charge in [-0.15, -0.1) is 0 Å². The fraction of sp³-hybridized carbons (Fsp3) is 0.0526. The van der Waals surface area contributed by atoms with E-state index in [0.29, 0.717) is 0 Å². The molecule has 1 nitrogen and oxygen atoms in total. The van der Waals surface area contributed by atoms with Gasteiger partial charge in [0.1, 0.15) is 0 Å². The molecule has 9 rings (SSSR count). The molecular weight excluding hydrogens is 502 g/mol. The van der Waals surface area contributed by atoms with Gasteiger partial charge in [-0.25, -0.2) is 0 Å². The highest BCUT2D eigenvalue weighted by Crippen LogP contribution is 2.62. The first-order valence-electron chi connectivity index (χ1n) is 13.9. The van der Waals surface area contributed by atoms with Crippen LogP contribution in [0.1, 0.15) is 27.8 Å². The van der Waals surface area contributed by atoms with E-state index < -0.39 is 0 Å². The fourth-order valence-electron chi connectivity index (χ4n) is 7.29. The Bertz CT molecular complexity index is 2100. The lowest BCUT2D eigenvalue weighted by Gasteiger charge is -2.39. The van der Waals surface area contributed by atoms with Gasteiger partial charge in [0.05, 0.1) is 16.4 Å². The molecule has 0 unspecified atom stereocenters. The number of aryl methyl sites for hydroxylation is 1. The molecule has 6 aromatic carbocycles. The zero-order valence-corrected chi connectivity index (χ0v) is 22.9. The minimum Gasteiger partial charge on any atom is -0.309 e. The molecule has 0 amide bonds. The molecule has 0 fully saturated rings. The summed E-state index contributed by atoms with van der Waals surface area (Å²) in [5, 5.41) is 2.60. The number of para-hydroxylation sites is 1. The summed E-state index contributed by atoms with van der Waals surface area (Å²) < 4.78 is 2.45. The van der Waals surface area contributed by atoms with Crippen LogP contribution >= 0.6 is 11.8 Å². The highest BCUT2D eigenvalue weighted by atomic mass is 32.2. The van der Waals surface area contributed by atoms with Gasteiger partial charge in [0.2, 0.25) is 0 Å². The third-order valence-corrected chi connectivity index (χ3v) is 10.1. The maximum atomic E-state index is 2.51. The Hall–Kier alpha value is -4.53. The molecule has 1 aromatic heterocycles. The Kier molecular flexibility index (Phi) is 4.46. The maximum absolute atomic E-state index is 2.51. The lowest BCUT2D eigenvalue weighted by atomic mass is 9.67. The van der Waals surface area contributed by atoms with Crippen LogP contribution < -0.4 is 0 Å². The summed E-state index contributed by atoms with van der Waals surface area (Å²) in [7, 11) is 0. The minimum absolute atomic E-state index is 0.368. The quantitative estimate of drug-likeness (QED) is 0.206. The van der Waals surface area contributed by atoms with Crippen molar-refractivity contribution in [2.45, 2.75) is 22.1 Å². The Morgan fingerprint density at radius 1 is 0.500 bits per heavy atom. The smallest absolute Gasteiger partial charge is 0.0736 e. The second-order valence-corrected chi connectivity index (χ2v) is 12.1. The van der Waals surface area contributed by atoms with Crippen LogP contribution in [-0.2, 0) is 5.41 Å². The summed E-state index contributed by atoms with van der Waals surface area (Å²) in [5.74, 6) is 0. The van der Waals surface area contributed by atoms with Crippen molar-refractivity contribution in [2.24, 2.45) is 0 Å². The van der Waals surface area contributed by atoms with Crippen LogP contribution in [0.15, 0.2) is 143 Å². The largest absolute Gasteiger partial charge is 0.309 e. The molecule has 0 bridgehead atoms. The van der Waals surface area contributed by atoms with Crippen LogP contribution in [0, 0.1) is 6.92 Å². The SMILES string of the molecule is Cc1ccc(-n2c3ccccc3c3cc4c(cc32)C2(c3ccccc3S4)c3ccccc3-c3ccccc32)cc1. The Labute approximate surface area is 237 Å². The van der Waals surface area contributed by atoms with E-state index in [2.05, 4.69) is 145 Å². The molecular formula is C38H25NS. The van der Waals surface area contributed by atoms with Crippen molar-refractivity contribution in [1.29, 1.82) is 0 Å². The lowest BCUT2D eigenvalue weighted by Crippen LogP contribution is -2.32. The highest BCUT2D eigenvalue weighted by Gasteiger charge is 2.50. The van der Waals surface area contributed by atoms with Gasteiger partial charge in [-0.2, -0.15) is 0 Å². The van der Waals surface area contributed by atoms with Crippen molar-refractivity contribution < 1.29 is 0 Å². The van der Waals surface area contributed by atoms with Crippen LogP contribution in [0.3, 0.4) is 0 Å². The van der Waals surface area contributed by atoms with Gasteiger partial charge in [-0.05, 0) is 76.7 Å². The number of benzene rings is 6. The monoisotopic (exact) mass is 527 g/mol. The van der Waals surface area contributed by atoms with E-state index in [1.807, 2.05) is 11.8 Å². The number of hydrogen-bond acceptors (Lipinski definition) is 1. The molecule has 2 heteroatoms. The number of aromatic nitrogens is 1. The molecule has 1 aliphatic carbocycles. The first-order valence-corrected chi connectivity index (χ1v) is 14.7. The summed E-state index contributed by atoms with van der Waals surface area (Å²) in [6.07, 6.45) is 0. The summed E-state index contributed by atoms with van der Waals surface area (Å²) >= 11 is 1.91. The van der Waals surface area contributed by atoms with Crippen LogP contribution in [0.2, 0.25) is 0 Å². The zero-order valence-electron chi connectivity index (χ0n) is 22.1. The van der Waals surface area contributed by atoms with Gasteiger partial charge in [-0.1, -0.05) is 114 Å².